The molecule has 0 aliphatic carbocycles. The fourth-order valence-electron chi connectivity index (χ4n) is 3.23. The highest BCUT2D eigenvalue weighted by Crippen LogP contribution is 2.20. The molecular weight excluding hydrogens is 372 g/mol. The molecular formula is C21H32N4O4. The van der Waals surface area contributed by atoms with Gasteiger partial charge in [-0.2, -0.15) is 0 Å². The summed E-state index contributed by atoms with van der Waals surface area (Å²) in [4.78, 5) is 41.9. The predicted octanol–water partition coefficient (Wildman–Crippen LogP) is 1.68. The molecule has 0 radical (unpaired) electrons. The van der Waals surface area contributed by atoms with Gasteiger partial charge in [0.25, 0.3) is 0 Å². The van der Waals surface area contributed by atoms with Crippen LogP contribution in [-0.2, 0) is 32.0 Å². The lowest BCUT2D eigenvalue weighted by molar-refractivity contribution is -0.143. The van der Waals surface area contributed by atoms with Crippen LogP contribution in [0.1, 0.15) is 50.8 Å². The van der Waals surface area contributed by atoms with Crippen LogP contribution < -0.4 is 10.6 Å². The van der Waals surface area contributed by atoms with E-state index in [1.165, 1.54) is 10.5 Å². The summed E-state index contributed by atoms with van der Waals surface area (Å²) >= 11 is 0. The first-order chi connectivity index (χ1) is 14.0. The summed E-state index contributed by atoms with van der Waals surface area (Å²) in [7, 11) is 0. The second kappa shape index (κ2) is 12.0. The van der Waals surface area contributed by atoms with Gasteiger partial charge in [-0.25, -0.2) is 4.98 Å². The van der Waals surface area contributed by atoms with E-state index in [0.717, 1.165) is 37.3 Å². The number of ether oxygens (including phenoxy) is 1. The minimum Gasteiger partial charge on any atom is -0.466 e. The standard InChI is InChI=1S/C21H32N4O4/c1-3-25(15-18(26)22-14-12-20(28)29-4-2)19(27)9-5-8-17-11-10-16-7-6-13-23-21(16)24-17/h10-11H,3-9,12-15H2,1-2H3,(H,22,26)(H,23,24). The lowest BCUT2D eigenvalue weighted by Crippen LogP contribution is -2.41. The summed E-state index contributed by atoms with van der Waals surface area (Å²) in [6.45, 7) is 5.53. The number of hydrogen-bond acceptors (Lipinski definition) is 6. The molecule has 1 aliphatic heterocycles. The third-order valence-corrected chi connectivity index (χ3v) is 4.80. The number of aryl methyl sites for hydroxylation is 2. The zero-order valence-corrected chi connectivity index (χ0v) is 17.5. The van der Waals surface area contributed by atoms with Crippen molar-refractivity contribution in [2.24, 2.45) is 0 Å². The average molecular weight is 405 g/mol. The molecule has 0 saturated heterocycles. The second-order valence-electron chi connectivity index (χ2n) is 7.01. The number of carbonyl (C=O) groups excluding carboxylic acids is 3. The molecule has 0 atom stereocenters. The molecule has 1 aromatic heterocycles. The van der Waals surface area contributed by atoms with Crippen LogP contribution in [0.4, 0.5) is 5.82 Å². The van der Waals surface area contributed by atoms with Gasteiger partial charge in [0.2, 0.25) is 11.8 Å². The molecule has 8 heteroatoms. The number of hydrogen-bond donors (Lipinski definition) is 2. The summed E-state index contributed by atoms with van der Waals surface area (Å²) in [6, 6.07) is 4.15. The zero-order valence-electron chi connectivity index (χ0n) is 17.5. The fraction of sp³-hybridized carbons (Fsp3) is 0.619. The van der Waals surface area contributed by atoms with Crippen molar-refractivity contribution >= 4 is 23.6 Å². The first kappa shape index (κ1) is 22.6. The number of esters is 1. The molecule has 2 rings (SSSR count). The number of anilines is 1. The van der Waals surface area contributed by atoms with Crippen molar-refractivity contribution in [2.45, 2.75) is 52.4 Å². The molecule has 8 nitrogen and oxygen atoms in total. The summed E-state index contributed by atoms with van der Waals surface area (Å²) < 4.78 is 4.81. The third kappa shape index (κ3) is 7.71. The normalized spacial score (nSPS) is 12.5. The number of nitrogens with zero attached hydrogens (tertiary/aromatic N) is 2. The van der Waals surface area contributed by atoms with E-state index >= 15 is 0 Å². The Hall–Kier alpha value is -2.64. The summed E-state index contributed by atoms with van der Waals surface area (Å²) in [5.74, 6) is 0.299. The Balaban J connectivity index is 1.70. The summed E-state index contributed by atoms with van der Waals surface area (Å²) in [5, 5.41) is 5.97. The monoisotopic (exact) mass is 404 g/mol. The van der Waals surface area contributed by atoms with Gasteiger partial charge in [-0.05, 0) is 51.2 Å². The minimum atomic E-state index is -0.345. The van der Waals surface area contributed by atoms with E-state index in [-0.39, 0.29) is 37.3 Å². The van der Waals surface area contributed by atoms with Gasteiger partial charge in [0.1, 0.15) is 5.82 Å². The maximum absolute atomic E-state index is 12.4. The van der Waals surface area contributed by atoms with E-state index in [0.29, 0.717) is 26.0 Å². The third-order valence-electron chi connectivity index (χ3n) is 4.80. The van der Waals surface area contributed by atoms with Crippen LogP contribution in [-0.4, -0.2) is 60.5 Å². The zero-order chi connectivity index (χ0) is 21.1. The number of fused-ring (bicyclic) bond motifs is 1. The summed E-state index contributed by atoms with van der Waals surface area (Å²) in [6.07, 6.45) is 4.10. The van der Waals surface area contributed by atoms with Gasteiger partial charge in [0.15, 0.2) is 0 Å². The second-order valence-corrected chi connectivity index (χ2v) is 7.01. The van der Waals surface area contributed by atoms with E-state index in [1.807, 2.05) is 13.0 Å². The molecule has 1 aliphatic rings. The van der Waals surface area contributed by atoms with Crippen LogP contribution in [0.3, 0.4) is 0 Å². The van der Waals surface area contributed by atoms with Crippen molar-refractivity contribution in [1.82, 2.24) is 15.2 Å². The van der Waals surface area contributed by atoms with Gasteiger partial charge < -0.3 is 20.3 Å². The molecule has 160 valence electrons. The predicted molar refractivity (Wildman–Crippen MR) is 110 cm³/mol. The highest BCUT2D eigenvalue weighted by Gasteiger charge is 2.16. The van der Waals surface area contributed by atoms with Crippen molar-refractivity contribution < 1.29 is 19.1 Å². The Labute approximate surface area is 172 Å². The van der Waals surface area contributed by atoms with Crippen LogP contribution in [0.25, 0.3) is 0 Å². The molecule has 0 bridgehead atoms. The maximum Gasteiger partial charge on any atom is 0.307 e. The van der Waals surface area contributed by atoms with Gasteiger partial charge in [-0.3, -0.25) is 14.4 Å². The van der Waals surface area contributed by atoms with Crippen molar-refractivity contribution in [2.75, 3.05) is 38.1 Å². The van der Waals surface area contributed by atoms with Crippen LogP contribution in [0.5, 0.6) is 0 Å². The molecule has 0 unspecified atom stereocenters. The molecule has 0 fully saturated rings. The van der Waals surface area contributed by atoms with Crippen LogP contribution in [0, 0.1) is 0 Å². The van der Waals surface area contributed by atoms with E-state index in [4.69, 9.17) is 4.74 Å². The van der Waals surface area contributed by atoms with Gasteiger partial charge in [-0.15, -0.1) is 0 Å². The van der Waals surface area contributed by atoms with E-state index < -0.39 is 0 Å². The van der Waals surface area contributed by atoms with Crippen LogP contribution in [0.2, 0.25) is 0 Å². The van der Waals surface area contributed by atoms with Crippen LogP contribution >= 0.6 is 0 Å². The first-order valence-corrected chi connectivity index (χ1v) is 10.5. The lowest BCUT2D eigenvalue weighted by atomic mass is 10.1. The highest BCUT2D eigenvalue weighted by molar-refractivity contribution is 5.85. The molecule has 2 heterocycles. The van der Waals surface area contributed by atoms with Gasteiger partial charge in [-0.1, -0.05) is 6.07 Å². The van der Waals surface area contributed by atoms with E-state index in [1.54, 1.807) is 6.92 Å². The molecule has 29 heavy (non-hydrogen) atoms. The molecule has 0 saturated carbocycles. The summed E-state index contributed by atoms with van der Waals surface area (Å²) in [5.41, 5.74) is 2.23. The average Bonchev–Trinajstić information content (AvgIpc) is 2.72. The smallest absolute Gasteiger partial charge is 0.307 e. The quantitative estimate of drug-likeness (QED) is 0.544. The molecule has 0 spiro atoms. The number of likely N-dealkylation sites (N-methyl/N-ethyl adjacent to an activating group) is 1. The topological polar surface area (TPSA) is 101 Å². The molecule has 1 aromatic rings. The number of aromatic nitrogens is 1. The van der Waals surface area contributed by atoms with Gasteiger partial charge in [0.05, 0.1) is 19.6 Å². The van der Waals surface area contributed by atoms with Crippen molar-refractivity contribution in [3.05, 3.63) is 23.4 Å². The largest absolute Gasteiger partial charge is 0.466 e. The minimum absolute atomic E-state index is 0.000820. The van der Waals surface area contributed by atoms with Crippen molar-refractivity contribution in [1.29, 1.82) is 0 Å². The Morgan fingerprint density at radius 1 is 1.24 bits per heavy atom. The number of pyridine rings is 1. The molecule has 0 aromatic carbocycles. The SMILES string of the molecule is CCOC(=O)CCNC(=O)CN(CC)C(=O)CCCc1ccc2c(n1)NCCC2. The Bertz CT molecular complexity index is 708. The highest BCUT2D eigenvalue weighted by atomic mass is 16.5. The lowest BCUT2D eigenvalue weighted by Gasteiger charge is -2.20. The van der Waals surface area contributed by atoms with Gasteiger partial charge in [0, 0.05) is 31.7 Å². The van der Waals surface area contributed by atoms with Crippen molar-refractivity contribution in [3.63, 3.8) is 0 Å². The van der Waals surface area contributed by atoms with E-state index in [9.17, 15) is 14.4 Å². The molecule has 2 N–H and O–H groups in total. The Morgan fingerprint density at radius 2 is 2.07 bits per heavy atom. The van der Waals surface area contributed by atoms with Gasteiger partial charge >= 0.3 is 5.97 Å². The number of nitrogens with one attached hydrogen (secondary N) is 2. The maximum atomic E-state index is 12.4. The first-order valence-electron chi connectivity index (χ1n) is 10.5. The number of rotatable bonds is 11. The van der Waals surface area contributed by atoms with Crippen LogP contribution in [0.15, 0.2) is 12.1 Å². The van der Waals surface area contributed by atoms with Crippen molar-refractivity contribution in [3.8, 4) is 0 Å². The fourth-order valence-corrected chi connectivity index (χ4v) is 3.23. The molecule has 2 amide bonds. The Morgan fingerprint density at radius 3 is 2.83 bits per heavy atom. The van der Waals surface area contributed by atoms with E-state index in [2.05, 4.69) is 21.7 Å². The number of carbonyl (C=O) groups is 3. The number of amides is 2. The Kier molecular flexibility index (Phi) is 9.40.